The van der Waals surface area contributed by atoms with Gasteiger partial charge in [-0.3, -0.25) is 0 Å². The van der Waals surface area contributed by atoms with Crippen LogP contribution in [0, 0.1) is 0 Å². The highest BCUT2D eigenvalue weighted by atomic mass is 35.5. The highest BCUT2D eigenvalue weighted by Gasteiger charge is 2.15. The first-order valence-corrected chi connectivity index (χ1v) is 5.20. The van der Waals surface area contributed by atoms with Crippen molar-refractivity contribution in [1.29, 1.82) is 0 Å². The third kappa shape index (κ3) is 3.78. The fourth-order valence-corrected chi connectivity index (χ4v) is 3.25. The second-order valence-corrected chi connectivity index (χ2v) is 5.61. The Labute approximate surface area is 72.4 Å². The van der Waals surface area contributed by atoms with Crippen LogP contribution in [0.3, 0.4) is 0 Å². The molecule has 0 aliphatic heterocycles. The summed E-state index contributed by atoms with van der Waals surface area (Å²) in [5.74, 6) is 0. The van der Waals surface area contributed by atoms with Gasteiger partial charge in [0.15, 0.2) is 0 Å². The summed E-state index contributed by atoms with van der Waals surface area (Å²) in [7, 11) is 1.24. The fourth-order valence-electron chi connectivity index (χ4n) is 1.56. The molecule has 0 heterocycles. The van der Waals surface area contributed by atoms with Gasteiger partial charge >= 0.3 is 0 Å². The van der Waals surface area contributed by atoms with Crippen LogP contribution < -0.4 is 0 Å². The van der Waals surface area contributed by atoms with Crippen LogP contribution in [0.25, 0.3) is 0 Å². The van der Waals surface area contributed by atoms with Gasteiger partial charge < -0.3 is 0 Å². The molecule has 62 valence electrons. The molecule has 0 spiro atoms. The number of hydrogen-bond donors (Lipinski definition) is 0. The average Bonchev–Trinajstić information content (AvgIpc) is 2.15. The van der Waals surface area contributed by atoms with Crippen molar-refractivity contribution >= 4 is 21.0 Å². The van der Waals surface area contributed by atoms with Gasteiger partial charge in [-0.2, -0.15) is 0 Å². The van der Waals surface area contributed by atoms with Crippen molar-refractivity contribution in [3.05, 3.63) is 0 Å². The van der Waals surface area contributed by atoms with Crippen molar-refractivity contribution in [2.75, 3.05) is 0 Å². The molecule has 1 aliphatic rings. The van der Waals surface area contributed by atoms with Crippen LogP contribution in [0.1, 0.15) is 39.5 Å². The van der Waals surface area contributed by atoms with Crippen LogP contribution in [-0.2, 0) is 0 Å². The minimum atomic E-state index is 0. The van der Waals surface area contributed by atoms with Crippen LogP contribution in [0.4, 0.5) is 0 Å². The van der Waals surface area contributed by atoms with Crippen molar-refractivity contribution in [3.63, 3.8) is 0 Å². The minimum absolute atomic E-state index is 0. The van der Waals surface area contributed by atoms with Gasteiger partial charge in [-0.15, -0.1) is 21.0 Å². The van der Waals surface area contributed by atoms with E-state index in [1.165, 1.54) is 34.3 Å². The predicted octanol–water partition coefficient (Wildman–Crippen LogP) is 3.44. The minimum Gasteiger partial charge on any atom is -0.147 e. The van der Waals surface area contributed by atoms with Crippen molar-refractivity contribution in [2.24, 2.45) is 0 Å². The first-order valence-electron chi connectivity index (χ1n) is 4.05. The van der Waals surface area contributed by atoms with Gasteiger partial charge in [0.05, 0.1) is 0 Å². The first-order chi connectivity index (χ1) is 4.29. The molecule has 0 radical (unpaired) electrons. The van der Waals surface area contributed by atoms with Gasteiger partial charge in [0.1, 0.15) is 0 Å². The predicted molar refractivity (Wildman–Crippen MR) is 53.0 cm³/mol. The zero-order valence-electron chi connectivity index (χ0n) is 6.89. The first kappa shape index (κ1) is 10.7. The van der Waals surface area contributed by atoms with Gasteiger partial charge in [-0.1, -0.05) is 26.7 Å². The van der Waals surface area contributed by atoms with E-state index in [9.17, 15) is 0 Å². The molecular weight excluding hydrogens is 163 g/mol. The lowest BCUT2D eigenvalue weighted by atomic mass is 10.4. The molecule has 1 fully saturated rings. The van der Waals surface area contributed by atoms with E-state index in [1.54, 1.807) is 0 Å². The molecule has 0 aromatic carbocycles. The zero-order chi connectivity index (χ0) is 6.69. The van der Waals surface area contributed by atoms with Crippen molar-refractivity contribution < 1.29 is 0 Å². The van der Waals surface area contributed by atoms with Gasteiger partial charge in [0.2, 0.25) is 0 Å². The Morgan fingerprint density at radius 2 is 1.70 bits per heavy atom. The lowest BCUT2D eigenvalue weighted by molar-refractivity contribution is 0.886. The van der Waals surface area contributed by atoms with E-state index in [2.05, 4.69) is 13.8 Å². The molecule has 1 atom stereocenters. The molecule has 1 unspecified atom stereocenters. The second-order valence-electron chi connectivity index (χ2n) is 3.30. The van der Waals surface area contributed by atoms with Crippen LogP contribution in [0.15, 0.2) is 0 Å². The topological polar surface area (TPSA) is 0 Å². The van der Waals surface area contributed by atoms with Crippen LogP contribution in [-0.4, -0.2) is 11.3 Å². The number of hydrogen-bond acceptors (Lipinski definition) is 0. The summed E-state index contributed by atoms with van der Waals surface area (Å²) in [5.41, 5.74) is 2.07. The molecule has 0 aromatic heterocycles. The molecule has 2 heteroatoms. The second kappa shape index (κ2) is 5.38. The highest BCUT2D eigenvalue weighted by molar-refractivity contribution is 7.39. The average molecular weight is 181 g/mol. The summed E-state index contributed by atoms with van der Waals surface area (Å²) < 4.78 is 0. The monoisotopic (exact) mass is 180 g/mol. The molecule has 0 amide bonds. The molecule has 0 aromatic rings. The summed E-state index contributed by atoms with van der Waals surface area (Å²) in [6, 6.07) is 0. The van der Waals surface area contributed by atoms with Gasteiger partial charge in [-0.05, 0) is 24.2 Å². The summed E-state index contributed by atoms with van der Waals surface area (Å²) in [6.45, 7) is 4.69. The maximum absolute atomic E-state index is 2.34. The third-order valence-electron chi connectivity index (χ3n) is 1.92. The van der Waals surface area contributed by atoms with Crippen LogP contribution >= 0.6 is 21.0 Å². The lowest BCUT2D eigenvalue weighted by Crippen LogP contribution is -1.96. The lowest BCUT2D eigenvalue weighted by Gasteiger charge is -2.10. The summed E-state index contributed by atoms with van der Waals surface area (Å²) >= 11 is 0. The Hall–Kier alpha value is 0.720. The molecule has 10 heavy (non-hydrogen) atoms. The van der Waals surface area contributed by atoms with Crippen LogP contribution in [0.2, 0.25) is 0 Å². The molecule has 0 nitrogen and oxygen atoms in total. The van der Waals surface area contributed by atoms with Gasteiger partial charge in [-0.25, -0.2) is 0 Å². The van der Waals surface area contributed by atoms with Gasteiger partial charge in [0.25, 0.3) is 0 Å². The standard InChI is InChI=1S/C8H17P.ClH/c1-7(2)9-8-5-3-4-6-8;/h7-9H,3-6H2,1-2H3;1H. The maximum Gasteiger partial charge on any atom is -0.0234 e. The molecular formula is C8H18ClP. The number of halogens is 1. The smallest absolute Gasteiger partial charge is 0.0234 e. The maximum atomic E-state index is 2.34. The van der Waals surface area contributed by atoms with E-state index in [0.29, 0.717) is 0 Å². The highest BCUT2D eigenvalue weighted by Crippen LogP contribution is 2.36. The Bertz CT molecular complexity index is 77.3. The molecule has 0 saturated heterocycles. The molecule has 1 rings (SSSR count). The molecule has 0 N–H and O–H groups in total. The van der Waals surface area contributed by atoms with Crippen molar-refractivity contribution in [2.45, 2.75) is 50.8 Å². The summed E-state index contributed by atoms with van der Waals surface area (Å²) in [4.78, 5) is 0. The molecule has 0 bridgehead atoms. The molecule has 1 aliphatic carbocycles. The van der Waals surface area contributed by atoms with E-state index >= 15 is 0 Å². The van der Waals surface area contributed by atoms with Gasteiger partial charge in [0, 0.05) is 0 Å². The van der Waals surface area contributed by atoms with Crippen molar-refractivity contribution in [1.82, 2.24) is 0 Å². The summed E-state index contributed by atoms with van der Waals surface area (Å²) in [5, 5.41) is 0. The largest absolute Gasteiger partial charge is 0.147 e. The van der Waals surface area contributed by atoms with E-state index in [4.69, 9.17) is 0 Å². The van der Waals surface area contributed by atoms with E-state index in [-0.39, 0.29) is 12.4 Å². The third-order valence-corrected chi connectivity index (χ3v) is 3.64. The van der Waals surface area contributed by atoms with Crippen molar-refractivity contribution in [3.8, 4) is 0 Å². The van der Waals surface area contributed by atoms with E-state index in [0.717, 1.165) is 11.3 Å². The Balaban J connectivity index is 0.000000810. The van der Waals surface area contributed by atoms with E-state index < -0.39 is 0 Å². The Kier molecular flexibility index (Phi) is 5.77. The normalized spacial score (nSPS) is 20.7. The van der Waals surface area contributed by atoms with E-state index in [1.807, 2.05) is 0 Å². The molecule has 1 saturated carbocycles. The SMILES string of the molecule is CC(C)PC1CCCC1.Cl. The Morgan fingerprint density at radius 3 is 2.10 bits per heavy atom. The van der Waals surface area contributed by atoms with Crippen LogP contribution in [0.5, 0.6) is 0 Å². The summed E-state index contributed by atoms with van der Waals surface area (Å²) in [6.07, 6.45) is 6.06. The quantitative estimate of drug-likeness (QED) is 0.572. The number of rotatable bonds is 2. The Morgan fingerprint density at radius 1 is 1.20 bits per heavy atom. The fraction of sp³-hybridized carbons (Fsp3) is 1.00. The zero-order valence-corrected chi connectivity index (χ0v) is 8.71.